The Morgan fingerprint density at radius 1 is 1.39 bits per heavy atom. The molecule has 0 aliphatic rings. The minimum absolute atomic E-state index is 0.140. The van der Waals surface area contributed by atoms with E-state index in [0.29, 0.717) is 11.4 Å². The number of rotatable bonds is 4. The molecule has 2 aromatic rings. The van der Waals surface area contributed by atoms with Gasteiger partial charge in [-0.05, 0) is 18.2 Å². The number of anilines is 1. The smallest absolute Gasteiger partial charge is 0.335 e. The van der Waals surface area contributed by atoms with Crippen molar-refractivity contribution >= 4 is 28.9 Å². The number of carbonyl (C=O) groups is 2. The van der Waals surface area contributed by atoms with Crippen molar-refractivity contribution in [3.8, 4) is 0 Å². The molecule has 0 atom stereocenters. The molecule has 0 spiro atoms. The molecule has 18 heavy (non-hydrogen) atoms. The molecule has 2 rings (SSSR count). The first-order valence-electron chi connectivity index (χ1n) is 5.15. The van der Waals surface area contributed by atoms with Crippen LogP contribution < -0.4 is 5.32 Å². The molecule has 1 aromatic heterocycles. The number of carboxylic acids is 1. The Hall–Kier alpha value is -2.21. The standard InChI is InChI=1S/C12H10N2O3S/c15-11(5-10-6-18-7-13-10)14-9-3-1-2-8(4-9)12(16)17/h1-4,6-7H,5H2,(H,14,15)(H,16,17). The van der Waals surface area contributed by atoms with Crippen LogP contribution in [0.2, 0.25) is 0 Å². The Morgan fingerprint density at radius 3 is 2.89 bits per heavy atom. The molecule has 1 amide bonds. The number of hydrogen-bond donors (Lipinski definition) is 2. The summed E-state index contributed by atoms with van der Waals surface area (Å²) >= 11 is 1.43. The van der Waals surface area contributed by atoms with E-state index in [2.05, 4.69) is 10.3 Å². The molecule has 0 fully saturated rings. The van der Waals surface area contributed by atoms with Crippen LogP contribution in [-0.2, 0) is 11.2 Å². The first kappa shape index (κ1) is 12.3. The molecule has 1 heterocycles. The van der Waals surface area contributed by atoms with E-state index in [1.807, 2.05) is 0 Å². The number of thiazole rings is 1. The lowest BCUT2D eigenvalue weighted by molar-refractivity contribution is -0.115. The van der Waals surface area contributed by atoms with Crippen LogP contribution >= 0.6 is 11.3 Å². The highest BCUT2D eigenvalue weighted by atomic mass is 32.1. The molecule has 92 valence electrons. The summed E-state index contributed by atoms with van der Waals surface area (Å²) in [5.74, 6) is -1.24. The number of aromatic nitrogens is 1. The van der Waals surface area contributed by atoms with Gasteiger partial charge in [0.1, 0.15) is 0 Å². The average Bonchev–Trinajstić information content (AvgIpc) is 2.82. The molecule has 0 saturated heterocycles. The van der Waals surface area contributed by atoms with Crippen molar-refractivity contribution in [2.75, 3.05) is 5.32 Å². The minimum Gasteiger partial charge on any atom is -0.478 e. The van der Waals surface area contributed by atoms with Crippen LogP contribution in [0.4, 0.5) is 5.69 Å². The number of nitrogens with zero attached hydrogens (tertiary/aromatic N) is 1. The maximum Gasteiger partial charge on any atom is 0.335 e. The van der Waals surface area contributed by atoms with Gasteiger partial charge in [-0.1, -0.05) is 6.07 Å². The van der Waals surface area contributed by atoms with E-state index >= 15 is 0 Å². The second-order valence-corrected chi connectivity index (χ2v) is 4.31. The van der Waals surface area contributed by atoms with Crippen molar-refractivity contribution in [2.24, 2.45) is 0 Å². The van der Waals surface area contributed by atoms with E-state index in [1.165, 1.54) is 23.5 Å². The maximum atomic E-state index is 11.7. The van der Waals surface area contributed by atoms with Gasteiger partial charge in [0.15, 0.2) is 0 Å². The molecule has 2 N–H and O–H groups in total. The molecule has 0 saturated carbocycles. The van der Waals surface area contributed by atoms with E-state index in [-0.39, 0.29) is 17.9 Å². The zero-order chi connectivity index (χ0) is 13.0. The van der Waals surface area contributed by atoms with Gasteiger partial charge in [-0.2, -0.15) is 0 Å². The van der Waals surface area contributed by atoms with Crippen LogP contribution in [0.3, 0.4) is 0 Å². The van der Waals surface area contributed by atoms with E-state index in [0.717, 1.165) is 0 Å². The summed E-state index contributed by atoms with van der Waals surface area (Å²) in [6.45, 7) is 0. The number of hydrogen-bond acceptors (Lipinski definition) is 4. The van der Waals surface area contributed by atoms with E-state index in [9.17, 15) is 9.59 Å². The largest absolute Gasteiger partial charge is 0.478 e. The molecule has 0 radical (unpaired) electrons. The predicted molar refractivity (Wildman–Crippen MR) is 67.8 cm³/mol. The quantitative estimate of drug-likeness (QED) is 0.883. The Morgan fingerprint density at radius 2 is 2.22 bits per heavy atom. The molecule has 0 bridgehead atoms. The lowest BCUT2D eigenvalue weighted by atomic mass is 10.2. The fourth-order valence-corrected chi connectivity index (χ4v) is 1.98. The number of carbonyl (C=O) groups excluding carboxylic acids is 1. The van der Waals surface area contributed by atoms with E-state index in [1.54, 1.807) is 23.0 Å². The van der Waals surface area contributed by atoms with E-state index in [4.69, 9.17) is 5.11 Å². The molecular formula is C12H10N2O3S. The number of aromatic carboxylic acids is 1. The van der Waals surface area contributed by atoms with Crippen LogP contribution in [0, 0.1) is 0 Å². The molecule has 0 aliphatic carbocycles. The van der Waals surface area contributed by atoms with Gasteiger partial charge in [-0.15, -0.1) is 11.3 Å². The van der Waals surface area contributed by atoms with E-state index < -0.39 is 5.97 Å². The van der Waals surface area contributed by atoms with Crippen LogP contribution in [0.1, 0.15) is 16.1 Å². The second-order valence-electron chi connectivity index (χ2n) is 3.59. The predicted octanol–water partition coefficient (Wildman–Crippen LogP) is 2.02. The highest BCUT2D eigenvalue weighted by Gasteiger charge is 2.07. The fourth-order valence-electron chi connectivity index (χ4n) is 1.42. The SMILES string of the molecule is O=C(Cc1cscn1)Nc1cccc(C(=O)O)c1. The lowest BCUT2D eigenvalue weighted by Gasteiger charge is -2.04. The van der Waals surface area contributed by atoms with Crippen molar-refractivity contribution in [3.05, 3.63) is 46.4 Å². The van der Waals surface area contributed by atoms with Crippen LogP contribution in [-0.4, -0.2) is 22.0 Å². The van der Waals surface area contributed by atoms with Gasteiger partial charge >= 0.3 is 5.97 Å². The number of nitrogens with one attached hydrogen (secondary N) is 1. The normalized spacial score (nSPS) is 10.0. The van der Waals surface area contributed by atoms with Crippen molar-refractivity contribution in [2.45, 2.75) is 6.42 Å². The Kier molecular flexibility index (Phi) is 3.69. The first-order chi connectivity index (χ1) is 8.65. The Balaban J connectivity index is 2.03. The van der Waals surface area contributed by atoms with Crippen LogP contribution in [0.25, 0.3) is 0 Å². The average molecular weight is 262 g/mol. The molecular weight excluding hydrogens is 252 g/mol. The van der Waals surface area contributed by atoms with Crippen LogP contribution in [0.5, 0.6) is 0 Å². The molecule has 0 unspecified atom stereocenters. The Labute approximate surface area is 107 Å². The first-order valence-corrected chi connectivity index (χ1v) is 6.10. The number of amides is 1. The van der Waals surface area contributed by atoms with Crippen molar-refractivity contribution in [1.29, 1.82) is 0 Å². The monoisotopic (exact) mass is 262 g/mol. The third kappa shape index (κ3) is 3.14. The summed E-state index contributed by atoms with van der Waals surface area (Å²) in [4.78, 5) is 26.4. The van der Waals surface area contributed by atoms with Gasteiger partial charge in [0.2, 0.25) is 5.91 Å². The summed E-state index contributed by atoms with van der Waals surface area (Å²) in [7, 11) is 0. The van der Waals surface area contributed by atoms with Gasteiger partial charge in [-0.3, -0.25) is 4.79 Å². The number of benzene rings is 1. The second kappa shape index (κ2) is 5.42. The zero-order valence-corrected chi connectivity index (χ0v) is 10.1. The third-order valence-electron chi connectivity index (χ3n) is 2.22. The summed E-state index contributed by atoms with van der Waals surface area (Å²) in [5.41, 5.74) is 2.97. The summed E-state index contributed by atoms with van der Waals surface area (Å²) in [5, 5.41) is 13.3. The van der Waals surface area contributed by atoms with Crippen molar-refractivity contribution in [3.63, 3.8) is 0 Å². The van der Waals surface area contributed by atoms with Gasteiger partial charge in [-0.25, -0.2) is 9.78 Å². The van der Waals surface area contributed by atoms with Gasteiger partial charge in [0.05, 0.1) is 23.2 Å². The van der Waals surface area contributed by atoms with Crippen LogP contribution in [0.15, 0.2) is 35.2 Å². The molecule has 6 heteroatoms. The van der Waals surface area contributed by atoms with Crippen molar-refractivity contribution < 1.29 is 14.7 Å². The number of carboxylic acid groups (broad SMARTS) is 1. The van der Waals surface area contributed by atoms with Crippen molar-refractivity contribution in [1.82, 2.24) is 4.98 Å². The summed E-state index contributed by atoms with van der Waals surface area (Å²) in [6.07, 6.45) is 0.181. The third-order valence-corrected chi connectivity index (χ3v) is 2.85. The zero-order valence-electron chi connectivity index (χ0n) is 9.29. The minimum atomic E-state index is -1.02. The molecule has 5 nitrogen and oxygen atoms in total. The van der Waals surface area contributed by atoms with Gasteiger partial charge in [0.25, 0.3) is 0 Å². The fraction of sp³-hybridized carbons (Fsp3) is 0.0833. The Bertz CT molecular complexity index is 566. The van der Waals surface area contributed by atoms with Gasteiger partial charge in [0, 0.05) is 11.1 Å². The lowest BCUT2D eigenvalue weighted by Crippen LogP contribution is -2.14. The highest BCUT2D eigenvalue weighted by molar-refractivity contribution is 7.07. The molecule has 0 aliphatic heterocycles. The topological polar surface area (TPSA) is 79.3 Å². The van der Waals surface area contributed by atoms with Gasteiger partial charge < -0.3 is 10.4 Å². The highest BCUT2D eigenvalue weighted by Crippen LogP contribution is 2.11. The summed E-state index contributed by atoms with van der Waals surface area (Å²) < 4.78 is 0. The maximum absolute atomic E-state index is 11.7. The molecule has 1 aromatic carbocycles. The summed E-state index contributed by atoms with van der Waals surface area (Å²) in [6, 6.07) is 6.12.